The van der Waals surface area contributed by atoms with Crippen molar-refractivity contribution in [3.63, 3.8) is 0 Å². The van der Waals surface area contributed by atoms with E-state index in [-0.39, 0.29) is 11.9 Å². The largest absolute Gasteiger partial charge is 0.379 e. The van der Waals surface area contributed by atoms with Crippen molar-refractivity contribution >= 4 is 5.91 Å². The highest BCUT2D eigenvalue weighted by Gasteiger charge is 2.34. The molecule has 0 spiro atoms. The van der Waals surface area contributed by atoms with E-state index >= 15 is 0 Å². The van der Waals surface area contributed by atoms with Crippen LogP contribution in [-0.4, -0.2) is 48.3 Å². The van der Waals surface area contributed by atoms with Gasteiger partial charge in [0.05, 0.1) is 6.54 Å². The number of hydrogen-bond acceptors (Lipinski definition) is 5. The number of piperidine rings is 3. The van der Waals surface area contributed by atoms with Crippen LogP contribution in [0.2, 0.25) is 0 Å². The second kappa shape index (κ2) is 6.22. The third-order valence-corrected chi connectivity index (χ3v) is 4.81. The van der Waals surface area contributed by atoms with Crippen LogP contribution in [0.15, 0.2) is 36.6 Å². The van der Waals surface area contributed by atoms with E-state index in [0.717, 1.165) is 6.54 Å². The minimum absolute atomic E-state index is 0.0327. The molecule has 122 valence electrons. The summed E-state index contributed by atoms with van der Waals surface area (Å²) in [6.07, 6.45) is 5.80. The molecule has 1 aromatic rings. The molecule has 2 bridgehead atoms. The monoisotopic (exact) mass is 315 g/mol. The van der Waals surface area contributed by atoms with Crippen molar-refractivity contribution in [1.82, 2.24) is 15.4 Å². The molecule has 0 radical (unpaired) electrons. The van der Waals surface area contributed by atoms with Crippen LogP contribution in [0.4, 0.5) is 0 Å². The number of carbonyl (C=O) groups excluding carboxylic acids is 1. The Kier molecular flexibility index (Phi) is 3.93. The van der Waals surface area contributed by atoms with Crippen LogP contribution in [0.1, 0.15) is 23.2 Å². The maximum absolute atomic E-state index is 12.5. The molecule has 3 saturated heterocycles. The SMILES string of the molecule is O=C(N[C@H]1CN2CCC1CC2)c1cccc(ON2CC=CO2)c1. The van der Waals surface area contributed by atoms with Crippen molar-refractivity contribution in [2.75, 3.05) is 26.2 Å². The molecule has 6 nitrogen and oxygen atoms in total. The molecule has 3 fully saturated rings. The van der Waals surface area contributed by atoms with Crippen LogP contribution in [0.25, 0.3) is 0 Å². The van der Waals surface area contributed by atoms with Gasteiger partial charge in [-0.15, -0.1) is 0 Å². The first-order valence-corrected chi connectivity index (χ1v) is 8.18. The number of carbonyl (C=O) groups is 1. The summed E-state index contributed by atoms with van der Waals surface area (Å²) in [5, 5.41) is 4.56. The Morgan fingerprint density at radius 1 is 1.30 bits per heavy atom. The lowest BCUT2D eigenvalue weighted by molar-refractivity contribution is -0.266. The molecular weight excluding hydrogens is 294 g/mol. The van der Waals surface area contributed by atoms with Crippen molar-refractivity contribution in [2.45, 2.75) is 18.9 Å². The second-order valence-corrected chi connectivity index (χ2v) is 6.33. The van der Waals surface area contributed by atoms with Gasteiger partial charge in [0.1, 0.15) is 6.26 Å². The van der Waals surface area contributed by atoms with Crippen LogP contribution in [-0.2, 0) is 4.84 Å². The Hall–Kier alpha value is -2.05. The summed E-state index contributed by atoms with van der Waals surface area (Å²) >= 11 is 0. The van der Waals surface area contributed by atoms with Gasteiger partial charge in [-0.05, 0) is 56.1 Å². The van der Waals surface area contributed by atoms with Gasteiger partial charge >= 0.3 is 0 Å². The number of fused-ring (bicyclic) bond motifs is 3. The van der Waals surface area contributed by atoms with Gasteiger partial charge in [-0.25, -0.2) is 0 Å². The lowest BCUT2D eigenvalue weighted by Crippen LogP contribution is -2.57. The maximum Gasteiger partial charge on any atom is 0.251 e. The van der Waals surface area contributed by atoms with Gasteiger partial charge in [0.2, 0.25) is 0 Å². The van der Waals surface area contributed by atoms with Crippen LogP contribution < -0.4 is 10.2 Å². The summed E-state index contributed by atoms with van der Waals surface area (Å²) in [6.45, 7) is 3.88. The third kappa shape index (κ3) is 3.18. The number of hydrogen-bond donors (Lipinski definition) is 1. The maximum atomic E-state index is 12.5. The number of nitrogens with one attached hydrogen (secondary N) is 1. The fourth-order valence-electron chi connectivity index (χ4n) is 3.53. The number of amides is 1. The van der Waals surface area contributed by atoms with E-state index in [1.165, 1.54) is 31.2 Å². The highest BCUT2D eigenvalue weighted by atomic mass is 16.9. The zero-order chi connectivity index (χ0) is 15.6. The fourth-order valence-corrected chi connectivity index (χ4v) is 3.53. The minimum atomic E-state index is -0.0327. The molecule has 1 amide bonds. The van der Waals surface area contributed by atoms with Gasteiger partial charge in [-0.1, -0.05) is 6.07 Å². The molecule has 0 saturated carbocycles. The van der Waals surface area contributed by atoms with E-state index in [4.69, 9.17) is 9.68 Å². The minimum Gasteiger partial charge on any atom is -0.379 e. The number of hydroxylamine groups is 2. The van der Waals surface area contributed by atoms with E-state index in [0.29, 0.717) is 23.8 Å². The van der Waals surface area contributed by atoms with E-state index in [1.54, 1.807) is 12.3 Å². The Morgan fingerprint density at radius 2 is 2.17 bits per heavy atom. The molecule has 4 heterocycles. The van der Waals surface area contributed by atoms with Gasteiger partial charge < -0.3 is 19.9 Å². The van der Waals surface area contributed by atoms with Crippen molar-refractivity contribution in [3.05, 3.63) is 42.2 Å². The summed E-state index contributed by atoms with van der Waals surface area (Å²) in [4.78, 5) is 25.7. The molecule has 1 aromatic carbocycles. The van der Waals surface area contributed by atoms with E-state index < -0.39 is 0 Å². The Bertz CT molecular complexity index is 603. The van der Waals surface area contributed by atoms with E-state index in [9.17, 15) is 4.79 Å². The highest BCUT2D eigenvalue weighted by Crippen LogP contribution is 2.27. The molecule has 1 N–H and O–H groups in total. The number of nitrogens with zero attached hydrogens (tertiary/aromatic N) is 2. The van der Waals surface area contributed by atoms with Gasteiger partial charge in [0, 0.05) is 23.4 Å². The Balaban J connectivity index is 1.39. The Labute approximate surface area is 135 Å². The van der Waals surface area contributed by atoms with Crippen LogP contribution in [0.5, 0.6) is 5.75 Å². The predicted molar refractivity (Wildman–Crippen MR) is 84.4 cm³/mol. The summed E-state index contributed by atoms with van der Waals surface area (Å²) in [5.41, 5.74) is 0.617. The summed E-state index contributed by atoms with van der Waals surface area (Å²) in [7, 11) is 0. The third-order valence-electron chi connectivity index (χ3n) is 4.81. The molecular formula is C17H21N3O3. The van der Waals surface area contributed by atoms with Crippen molar-refractivity contribution in [3.8, 4) is 5.75 Å². The smallest absolute Gasteiger partial charge is 0.251 e. The average molecular weight is 315 g/mol. The molecule has 23 heavy (non-hydrogen) atoms. The molecule has 4 aliphatic rings. The van der Waals surface area contributed by atoms with Crippen molar-refractivity contribution < 1.29 is 14.5 Å². The topological polar surface area (TPSA) is 54.0 Å². The molecule has 5 rings (SSSR count). The number of rotatable bonds is 4. The first kappa shape index (κ1) is 14.5. The molecule has 0 aromatic heterocycles. The van der Waals surface area contributed by atoms with Crippen molar-refractivity contribution in [2.24, 2.45) is 5.92 Å². The first-order valence-electron chi connectivity index (χ1n) is 8.18. The molecule has 6 heteroatoms. The van der Waals surface area contributed by atoms with E-state index in [2.05, 4.69) is 10.2 Å². The highest BCUT2D eigenvalue weighted by molar-refractivity contribution is 5.94. The van der Waals surface area contributed by atoms with E-state index in [1.807, 2.05) is 24.3 Å². The second-order valence-electron chi connectivity index (χ2n) is 6.33. The van der Waals surface area contributed by atoms with Gasteiger partial charge in [0.15, 0.2) is 5.75 Å². The number of benzene rings is 1. The van der Waals surface area contributed by atoms with Crippen molar-refractivity contribution in [1.29, 1.82) is 0 Å². The van der Waals surface area contributed by atoms with Crippen LogP contribution >= 0.6 is 0 Å². The Morgan fingerprint density at radius 3 is 2.87 bits per heavy atom. The zero-order valence-corrected chi connectivity index (χ0v) is 13.0. The lowest BCUT2D eigenvalue weighted by atomic mass is 9.84. The zero-order valence-electron chi connectivity index (χ0n) is 13.0. The quantitative estimate of drug-likeness (QED) is 0.914. The predicted octanol–water partition coefficient (Wildman–Crippen LogP) is 1.57. The van der Waals surface area contributed by atoms with Crippen LogP contribution in [0, 0.1) is 5.92 Å². The van der Waals surface area contributed by atoms with Gasteiger partial charge in [-0.2, -0.15) is 0 Å². The molecule has 0 unspecified atom stereocenters. The first-order chi connectivity index (χ1) is 11.3. The van der Waals surface area contributed by atoms with Gasteiger partial charge in [-0.3, -0.25) is 4.79 Å². The molecule has 4 aliphatic heterocycles. The van der Waals surface area contributed by atoms with Gasteiger partial charge in [0.25, 0.3) is 5.91 Å². The van der Waals surface area contributed by atoms with Crippen LogP contribution in [0.3, 0.4) is 0 Å². The fraction of sp³-hybridized carbons (Fsp3) is 0.471. The summed E-state index contributed by atoms with van der Waals surface area (Å²) in [6, 6.07) is 7.46. The average Bonchev–Trinajstić information content (AvgIpc) is 3.09. The summed E-state index contributed by atoms with van der Waals surface area (Å²) in [5.74, 6) is 1.18. The molecule has 1 atom stereocenters. The molecule has 0 aliphatic carbocycles. The normalized spacial score (nSPS) is 29.3. The lowest BCUT2D eigenvalue weighted by Gasteiger charge is -2.44. The standard InChI is InChI=1S/C17H21N3O3/c21-17(18-16-12-19-8-5-13(16)6-9-19)14-3-1-4-15(11-14)23-20-7-2-10-22-20/h1-4,10-11,13,16H,5-9,12H2,(H,18,21)/t16-/m0/s1. The summed E-state index contributed by atoms with van der Waals surface area (Å²) < 4.78 is 0.